The van der Waals surface area contributed by atoms with Crippen LogP contribution in [0.4, 0.5) is 29.7 Å². The molecule has 6 rings (SSSR count). The number of nitrogens with one attached hydrogen (secondary N) is 3. The number of primary amides is 1. The first-order chi connectivity index (χ1) is 40.0. The van der Waals surface area contributed by atoms with E-state index in [0.29, 0.717) is 43.4 Å². The van der Waals surface area contributed by atoms with Crippen molar-refractivity contribution in [2.45, 2.75) is 192 Å². The molecule has 5 amide bonds. The van der Waals surface area contributed by atoms with Crippen LogP contribution in [0.3, 0.4) is 0 Å². The molecule has 468 valence electrons. The van der Waals surface area contributed by atoms with Gasteiger partial charge in [0.1, 0.15) is 63.3 Å². The van der Waals surface area contributed by atoms with Crippen LogP contribution in [0.1, 0.15) is 143 Å². The van der Waals surface area contributed by atoms with E-state index >= 15 is 8.78 Å². The van der Waals surface area contributed by atoms with Crippen LogP contribution in [0, 0.1) is 35.3 Å². The first-order valence-corrected chi connectivity index (χ1v) is 29.5. The number of nitrogens with two attached hydrogens (primary N) is 1. The summed E-state index contributed by atoms with van der Waals surface area (Å²) >= 11 is 6.81. The number of esters is 2. The molecule has 4 aliphatic rings. The maximum atomic E-state index is 16.1. The van der Waals surface area contributed by atoms with Crippen LogP contribution >= 0.6 is 11.6 Å². The number of ether oxygens (including phenoxy) is 6. The molecule has 0 spiro atoms. The normalized spacial score (nSPS) is 25.4. The van der Waals surface area contributed by atoms with Crippen molar-refractivity contribution in [1.82, 2.24) is 10.6 Å². The Kier molecular flexibility index (Phi) is 23.3. The van der Waals surface area contributed by atoms with Gasteiger partial charge in [-0.3, -0.25) is 34.1 Å². The van der Waals surface area contributed by atoms with Crippen LogP contribution in [0.15, 0.2) is 48.1 Å². The number of methoxy groups -OCH3 is 2. The average molecular weight is 1210 g/mol. The second-order valence-corrected chi connectivity index (χ2v) is 24.7. The van der Waals surface area contributed by atoms with Gasteiger partial charge < -0.3 is 54.8 Å². The first-order valence-electron chi connectivity index (χ1n) is 29.1. The monoisotopic (exact) mass is 1210 g/mol. The predicted molar refractivity (Wildman–Crippen MR) is 312 cm³/mol. The molecule has 20 nitrogen and oxygen atoms in total. The number of amides is 5. The quantitative estimate of drug-likeness (QED) is 0.0301. The fourth-order valence-electron chi connectivity index (χ4n) is 11.3. The summed E-state index contributed by atoms with van der Waals surface area (Å²) in [5, 5.41) is 19.5. The lowest BCUT2D eigenvalue weighted by Crippen LogP contribution is -2.53. The number of urea groups is 1. The van der Waals surface area contributed by atoms with Crippen LogP contribution < -0.4 is 31.3 Å². The Balaban J connectivity index is 1.17. The second kappa shape index (κ2) is 29.3. The SMILES string of the molecule is COc1cc2cc(c1Cl)N(C)C(=O)C[C@H](OC(=O)Nc1cc(F)c(CC(=O)[C@H](CCCNC(N)=O)NC(=O)[C@@H](CC(=O)CCCCC(C)(C)OC(=O)C3CCC3)C(C)C)cc1F)[C@]1(C)O[C@H]1[C@H](C)[C@@H]1C[C@@](O)(CC(=O)O1)[C@H](OC)/C=C/C=C(\C)C2. The number of carbonyl (C=O) groups excluding carboxylic acids is 8. The van der Waals surface area contributed by atoms with Crippen molar-refractivity contribution in [3.05, 3.63) is 75.9 Å². The van der Waals surface area contributed by atoms with Crippen molar-refractivity contribution in [2.75, 3.05) is 38.0 Å². The summed E-state index contributed by atoms with van der Waals surface area (Å²) in [7, 11) is 4.31. The number of hydrogen-bond donors (Lipinski definition) is 5. The Bertz CT molecular complexity index is 2880. The zero-order chi connectivity index (χ0) is 62.7. The van der Waals surface area contributed by atoms with Gasteiger partial charge in [0.15, 0.2) is 5.78 Å². The van der Waals surface area contributed by atoms with E-state index < -0.39 is 131 Å². The van der Waals surface area contributed by atoms with Crippen molar-refractivity contribution >= 4 is 70.4 Å². The highest BCUT2D eigenvalue weighted by atomic mass is 35.5. The van der Waals surface area contributed by atoms with Gasteiger partial charge in [-0.2, -0.15) is 0 Å². The van der Waals surface area contributed by atoms with E-state index in [0.717, 1.165) is 24.8 Å². The number of epoxide rings is 1. The van der Waals surface area contributed by atoms with Gasteiger partial charge in [-0.1, -0.05) is 62.6 Å². The van der Waals surface area contributed by atoms with Gasteiger partial charge in [0.25, 0.3) is 0 Å². The van der Waals surface area contributed by atoms with Gasteiger partial charge in [-0.15, -0.1) is 0 Å². The highest BCUT2D eigenvalue weighted by Gasteiger charge is 2.64. The van der Waals surface area contributed by atoms with Gasteiger partial charge >= 0.3 is 24.1 Å². The molecule has 23 heteroatoms. The Morgan fingerprint density at radius 3 is 2.39 bits per heavy atom. The average Bonchev–Trinajstić information content (AvgIpc) is 1.63. The van der Waals surface area contributed by atoms with Crippen LogP contribution in [-0.2, 0) is 65.3 Å². The lowest BCUT2D eigenvalue weighted by Gasteiger charge is -2.41. The minimum Gasteiger partial charge on any atom is -0.495 e. The first kappa shape index (κ1) is 67.6. The fraction of sp³-hybridized carbons (Fsp3) is 0.613. The third kappa shape index (κ3) is 18.0. The molecule has 9 atom stereocenters. The zero-order valence-corrected chi connectivity index (χ0v) is 51.1. The number of rotatable bonds is 23. The highest BCUT2D eigenvalue weighted by molar-refractivity contribution is 6.35. The summed E-state index contributed by atoms with van der Waals surface area (Å²) in [6.07, 6.45) is 2.81. The van der Waals surface area contributed by atoms with E-state index in [-0.39, 0.29) is 85.1 Å². The number of ketones is 2. The molecular weight excluding hydrogens is 1130 g/mol. The van der Waals surface area contributed by atoms with Crippen LogP contribution in [0.5, 0.6) is 5.75 Å². The van der Waals surface area contributed by atoms with Gasteiger partial charge in [-0.05, 0) is 114 Å². The number of halogens is 3. The smallest absolute Gasteiger partial charge is 0.412 e. The third-order valence-electron chi connectivity index (χ3n) is 16.8. The summed E-state index contributed by atoms with van der Waals surface area (Å²) in [6, 6.07) is 2.71. The molecule has 4 bridgehead atoms. The Morgan fingerprint density at radius 1 is 1.02 bits per heavy atom. The summed E-state index contributed by atoms with van der Waals surface area (Å²) in [6.45, 7) is 12.4. The van der Waals surface area contributed by atoms with Crippen molar-refractivity contribution in [3.63, 3.8) is 0 Å². The van der Waals surface area contributed by atoms with E-state index in [1.54, 1.807) is 52.0 Å². The Morgan fingerprint density at radius 2 is 1.74 bits per heavy atom. The summed E-state index contributed by atoms with van der Waals surface area (Å²) in [5.74, 6) is -6.95. The fourth-order valence-corrected chi connectivity index (χ4v) is 11.6. The number of allylic oxidation sites excluding steroid dienone is 3. The van der Waals surface area contributed by atoms with E-state index in [2.05, 4.69) is 16.0 Å². The Hall–Kier alpha value is -6.49. The zero-order valence-electron chi connectivity index (χ0n) is 50.4. The molecule has 6 N–H and O–H groups in total. The maximum Gasteiger partial charge on any atom is 0.412 e. The largest absolute Gasteiger partial charge is 0.495 e. The number of hydrogen-bond acceptors (Lipinski definition) is 15. The molecule has 1 saturated carbocycles. The van der Waals surface area contributed by atoms with Gasteiger partial charge in [0.2, 0.25) is 11.8 Å². The minimum atomic E-state index is -1.71. The van der Waals surface area contributed by atoms with Gasteiger partial charge in [0.05, 0.1) is 49.4 Å². The number of carbonyl (C=O) groups is 8. The number of nitrogens with zero attached hydrogens (tertiary/aromatic N) is 1. The van der Waals surface area contributed by atoms with E-state index in [1.165, 1.54) is 26.2 Å². The van der Waals surface area contributed by atoms with Crippen molar-refractivity contribution in [3.8, 4) is 5.75 Å². The molecule has 1 aliphatic carbocycles. The molecule has 2 saturated heterocycles. The van der Waals surface area contributed by atoms with Crippen molar-refractivity contribution in [1.29, 1.82) is 0 Å². The number of aliphatic hydroxyl groups is 1. The standard InChI is InChI=1S/C62H84ClF2N5O15/c1-34(2)41(29-40(71)19-11-12-22-60(5,6)85-57(76)38-17-14-18-38)56(75)68-44(20-15-23-67-58(66)77)47(72)28-39-27-43(65)45(30-42(39)64)69-59(78)83-51-31-52(73)70(8)46-25-37(26-48(80-9)54(46)63)24-35(3)16-13-21-50(81-10)62(79)32-49(82-53(74)33-62)36(4)55-61(51,7)84-55/h13,16,21,25-27,30,34,36,38,41,44,49-51,55,79H,11-12,14-15,17-20,22-24,28-29,31-33H2,1-10H3,(H,68,75)(H,69,78)(H3,66,67,77)/b21-13+,35-16+/t36-,41+,44+,49+,50-,51+,55+,61+,62-/m1/s1. The molecule has 2 aromatic rings. The van der Waals surface area contributed by atoms with E-state index in [1.807, 2.05) is 26.8 Å². The summed E-state index contributed by atoms with van der Waals surface area (Å²) < 4.78 is 67.2. The second-order valence-electron chi connectivity index (χ2n) is 24.3. The van der Waals surface area contributed by atoms with Crippen LogP contribution in [-0.4, -0.2) is 128 Å². The minimum absolute atomic E-state index is 0.0244. The number of fused-ring (bicyclic) bond motifs is 5. The highest BCUT2D eigenvalue weighted by Crippen LogP contribution is 2.50. The molecule has 3 fully saturated rings. The molecule has 3 aliphatic heterocycles. The predicted octanol–water partition coefficient (Wildman–Crippen LogP) is 8.86. The molecule has 2 aromatic carbocycles. The summed E-state index contributed by atoms with van der Waals surface area (Å²) in [4.78, 5) is 108. The van der Waals surface area contributed by atoms with E-state index in [9.17, 15) is 43.5 Å². The number of benzene rings is 2. The molecular formula is C62H84ClF2N5O15. The Labute approximate surface area is 500 Å². The van der Waals surface area contributed by atoms with Crippen LogP contribution in [0.2, 0.25) is 5.02 Å². The molecule has 0 radical (unpaired) electrons. The van der Waals surface area contributed by atoms with Crippen molar-refractivity contribution in [2.24, 2.45) is 29.4 Å². The number of anilines is 2. The third-order valence-corrected chi connectivity index (χ3v) is 17.1. The summed E-state index contributed by atoms with van der Waals surface area (Å²) in [5.41, 5.74) is 2.09. The van der Waals surface area contributed by atoms with E-state index in [4.69, 9.17) is 45.8 Å². The van der Waals surface area contributed by atoms with Crippen LogP contribution in [0.25, 0.3) is 0 Å². The van der Waals surface area contributed by atoms with Gasteiger partial charge in [-0.25, -0.2) is 18.4 Å². The lowest BCUT2D eigenvalue weighted by atomic mass is 9.78. The molecule has 3 heterocycles. The lowest BCUT2D eigenvalue weighted by molar-refractivity contribution is -0.187. The topological polar surface area (TPSA) is 281 Å². The molecule has 0 unspecified atom stereocenters. The maximum absolute atomic E-state index is 16.1. The molecule has 0 aromatic heterocycles. The van der Waals surface area contributed by atoms with Crippen molar-refractivity contribution < 1.29 is 80.7 Å². The molecule has 85 heavy (non-hydrogen) atoms. The number of unbranched alkanes of at least 4 members (excludes halogenated alkanes) is 1. The van der Waals surface area contributed by atoms with Gasteiger partial charge in [0, 0.05) is 64.3 Å². The number of Topliss-reactive ketones (excluding diaryl/α,β-unsaturated/α-hetero) is 2.